The molecule has 1 atom stereocenters. The van der Waals surface area contributed by atoms with Crippen LogP contribution in [0, 0.1) is 5.41 Å². The van der Waals surface area contributed by atoms with E-state index in [0.717, 1.165) is 11.3 Å². The molecule has 0 aromatic heterocycles. The summed E-state index contributed by atoms with van der Waals surface area (Å²) in [7, 11) is -0.0967. The fourth-order valence-corrected chi connectivity index (χ4v) is 11.9. The zero-order chi connectivity index (χ0) is 20.1. The van der Waals surface area contributed by atoms with Gasteiger partial charge in [-0.3, -0.25) is 0 Å². The number of rotatable bonds is 5. The van der Waals surface area contributed by atoms with Crippen molar-refractivity contribution in [2.45, 2.75) is 77.9 Å². The number of benzene rings is 1. The van der Waals surface area contributed by atoms with E-state index in [4.69, 9.17) is 0 Å². The smallest absolute Gasteiger partial charge is 1.00 e. The fourth-order valence-electron chi connectivity index (χ4n) is 4.90. The maximum Gasteiger partial charge on any atom is -1.00 e. The van der Waals surface area contributed by atoms with Crippen molar-refractivity contribution in [2.24, 2.45) is 5.41 Å². The average molecular weight is 485 g/mol. The summed E-state index contributed by atoms with van der Waals surface area (Å²) in [5, 5.41) is 1.79. The first-order valence-corrected chi connectivity index (χ1v) is 13.5. The maximum atomic E-state index is 2.58. The molecule has 1 unspecified atom stereocenters. The van der Waals surface area contributed by atoms with Crippen LogP contribution in [-0.2, 0) is 19.2 Å². The first-order valence-electron chi connectivity index (χ1n) is 10.3. The Bertz CT molecular complexity index is 838. The Labute approximate surface area is 201 Å². The predicted molar refractivity (Wildman–Crippen MR) is 119 cm³/mol. The van der Waals surface area contributed by atoms with Gasteiger partial charge in [-0.1, -0.05) is 0 Å². The molecular weight excluding hydrogens is 450 g/mol. The first kappa shape index (κ1) is 27.2. The van der Waals surface area contributed by atoms with Crippen molar-refractivity contribution in [3.63, 3.8) is 0 Å². The van der Waals surface area contributed by atoms with E-state index in [-0.39, 0.29) is 57.3 Å². The van der Waals surface area contributed by atoms with Crippen LogP contribution in [0.15, 0.2) is 50.2 Å². The van der Waals surface area contributed by atoms with Gasteiger partial charge < -0.3 is 24.8 Å². The van der Waals surface area contributed by atoms with Crippen LogP contribution in [0.4, 0.5) is 0 Å². The van der Waals surface area contributed by atoms with E-state index < -0.39 is 0 Å². The normalized spacial score (nSPS) is 20.0. The Morgan fingerprint density at radius 3 is 1.93 bits per heavy atom. The van der Waals surface area contributed by atoms with Crippen molar-refractivity contribution in [1.82, 2.24) is 0 Å². The van der Waals surface area contributed by atoms with Crippen LogP contribution in [0.3, 0.4) is 0 Å². The van der Waals surface area contributed by atoms with Crippen LogP contribution in [-0.4, -0.2) is 11.3 Å². The molecule has 0 spiro atoms. The minimum Gasteiger partial charge on any atom is -1.00 e. The molecule has 1 aromatic rings. The van der Waals surface area contributed by atoms with E-state index in [1.165, 1.54) is 5.56 Å². The average Bonchev–Trinajstić information content (AvgIpc) is 3.00. The van der Waals surface area contributed by atoms with Crippen LogP contribution in [0.25, 0.3) is 6.08 Å². The van der Waals surface area contributed by atoms with E-state index in [0.29, 0.717) is 4.22 Å². The minimum atomic E-state index is -0.268. The molecule has 0 saturated heterocycles. The Morgan fingerprint density at radius 1 is 0.897 bits per heavy atom. The molecule has 1 aromatic carbocycles. The number of halogens is 2. The van der Waals surface area contributed by atoms with Gasteiger partial charge in [0, 0.05) is 0 Å². The van der Waals surface area contributed by atoms with Gasteiger partial charge in [-0.2, -0.15) is 0 Å². The Balaban J connectivity index is 0.00000210. The number of fused-ring (bicyclic) bond motifs is 1. The molecule has 0 bridgehead atoms. The third-order valence-electron chi connectivity index (χ3n) is 6.67. The van der Waals surface area contributed by atoms with Gasteiger partial charge in [0.05, 0.1) is 0 Å². The summed E-state index contributed by atoms with van der Waals surface area (Å²) in [4.78, 5) is 0. The number of hydrogen-bond donors (Lipinski definition) is 0. The van der Waals surface area contributed by atoms with E-state index >= 15 is 0 Å². The van der Waals surface area contributed by atoms with Gasteiger partial charge in [0.25, 0.3) is 0 Å². The van der Waals surface area contributed by atoms with Gasteiger partial charge in [-0.15, -0.1) is 0 Å². The van der Waals surface area contributed by atoms with Crippen LogP contribution in [0.1, 0.15) is 77.7 Å². The Hall–Kier alpha value is 0.164. The summed E-state index contributed by atoms with van der Waals surface area (Å²) < 4.78 is 2.47. The number of hydrogen-bond acceptors (Lipinski definition) is 0. The second-order valence-electron chi connectivity index (χ2n) is 9.25. The molecule has 4 heteroatoms. The first-order chi connectivity index (χ1) is 12.6. The van der Waals surface area contributed by atoms with Gasteiger partial charge in [0.1, 0.15) is 0 Å². The zero-order valence-electron chi connectivity index (χ0n) is 19.3. The van der Waals surface area contributed by atoms with E-state index in [2.05, 4.69) is 92.7 Å². The summed E-state index contributed by atoms with van der Waals surface area (Å²) in [5.74, 6) is 0. The van der Waals surface area contributed by atoms with Gasteiger partial charge in [0.2, 0.25) is 0 Å². The molecule has 3 rings (SSSR count). The van der Waals surface area contributed by atoms with Crippen LogP contribution in [0.5, 0.6) is 0 Å². The maximum absolute atomic E-state index is 2.58. The SMILES string of the molecule is CC1=C(C)C(C)(C)[C]([Ti+2][CH]2C(P(C(C)C)C(C)C)=Cc3ccccc32)=C1C.[Cl-].[Cl-]. The second kappa shape index (κ2) is 10.2. The van der Waals surface area contributed by atoms with Crippen LogP contribution >= 0.6 is 7.92 Å². The van der Waals surface area contributed by atoms with Gasteiger partial charge in [0.15, 0.2) is 0 Å². The quantitative estimate of drug-likeness (QED) is 0.443. The van der Waals surface area contributed by atoms with Crippen molar-refractivity contribution >= 4 is 14.0 Å². The molecule has 29 heavy (non-hydrogen) atoms. The van der Waals surface area contributed by atoms with E-state index in [1.807, 2.05) is 0 Å². The molecule has 2 aliphatic rings. The second-order valence-corrected chi connectivity index (χ2v) is 14.8. The summed E-state index contributed by atoms with van der Waals surface area (Å²) in [6, 6.07) is 9.21. The summed E-state index contributed by atoms with van der Waals surface area (Å²) in [6.07, 6.45) is 2.58. The molecule has 0 fully saturated rings. The molecule has 0 N–H and O–H groups in total. The summed E-state index contributed by atoms with van der Waals surface area (Å²) >= 11 is -0.268. The largest absolute Gasteiger partial charge is 1.00 e. The summed E-state index contributed by atoms with van der Waals surface area (Å²) in [6.45, 7) is 21.7. The molecule has 0 saturated carbocycles. The third-order valence-corrected chi connectivity index (χ3v) is 13.7. The topological polar surface area (TPSA) is 0 Å². The van der Waals surface area contributed by atoms with Crippen molar-refractivity contribution in [3.05, 3.63) is 61.3 Å². The molecule has 0 nitrogen and oxygen atoms in total. The standard InChI is InChI=1S/C15H20P.C10H15.2ClH.Ti/c1-11(2)16(12(3)4)15-9-13-7-5-6-8-14(13)10-15;1-7-6-10(4,5)9(3)8(7)2;;;/h5-12H,1-4H3;1-5H3;2*1H;/q;;;;+2/p-2. The number of allylic oxidation sites excluding steroid dienone is 5. The molecule has 0 heterocycles. The Kier molecular flexibility index (Phi) is 9.56. The molecule has 0 amide bonds. The van der Waals surface area contributed by atoms with Gasteiger partial charge >= 0.3 is 178 Å². The van der Waals surface area contributed by atoms with Gasteiger partial charge in [-0.25, -0.2) is 0 Å². The summed E-state index contributed by atoms with van der Waals surface area (Å²) in [5.41, 5.74) is 9.58. The molecule has 0 aliphatic heterocycles. The third kappa shape index (κ3) is 4.83. The minimum absolute atomic E-state index is 0. The van der Waals surface area contributed by atoms with E-state index in [1.54, 1.807) is 31.5 Å². The van der Waals surface area contributed by atoms with E-state index in [9.17, 15) is 0 Å². The fraction of sp³-hybridized carbons (Fsp3) is 0.520. The predicted octanol–water partition coefficient (Wildman–Crippen LogP) is 2.12. The molecule has 0 radical (unpaired) electrons. The molecule has 158 valence electrons. The van der Waals surface area contributed by atoms with Crippen molar-refractivity contribution in [3.8, 4) is 0 Å². The van der Waals surface area contributed by atoms with Crippen molar-refractivity contribution in [1.29, 1.82) is 0 Å². The molecular formula is C25H35Cl2PTi. The van der Waals surface area contributed by atoms with Crippen LogP contribution in [0.2, 0.25) is 0 Å². The monoisotopic (exact) mass is 484 g/mol. The molecule has 2 aliphatic carbocycles. The van der Waals surface area contributed by atoms with Crippen LogP contribution < -0.4 is 24.8 Å². The van der Waals surface area contributed by atoms with Crippen molar-refractivity contribution in [2.75, 3.05) is 0 Å². The Morgan fingerprint density at radius 2 is 1.45 bits per heavy atom. The zero-order valence-corrected chi connectivity index (χ0v) is 23.3. The van der Waals surface area contributed by atoms with Crippen molar-refractivity contribution < 1.29 is 44.0 Å². The van der Waals surface area contributed by atoms with Gasteiger partial charge in [-0.05, 0) is 0 Å².